The van der Waals surface area contributed by atoms with Crippen LogP contribution in [-0.4, -0.2) is 31.8 Å². The first-order valence-electron chi connectivity index (χ1n) is 10.1. The zero-order valence-electron chi connectivity index (χ0n) is 17.6. The monoisotopic (exact) mass is 477 g/mol. The number of esters is 1. The van der Waals surface area contributed by atoms with Gasteiger partial charge in [0.15, 0.2) is 5.16 Å². The number of rotatable bonds is 9. The zero-order chi connectivity index (χ0) is 23.8. The second-order valence-electron chi connectivity index (χ2n) is 7.14. The van der Waals surface area contributed by atoms with Gasteiger partial charge in [0.05, 0.1) is 17.6 Å². The first-order chi connectivity index (χ1) is 15.8. The Kier molecular flexibility index (Phi) is 8.40. The molecule has 0 aliphatic carbocycles. The molecule has 3 rings (SSSR count). The van der Waals surface area contributed by atoms with E-state index in [0.717, 1.165) is 23.9 Å². The fraction of sp³-hybridized carbons (Fsp3) is 0.304. The lowest BCUT2D eigenvalue weighted by Gasteiger charge is -2.25. The highest BCUT2D eigenvalue weighted by Gasteiger charge is 2.34. The van der Waals surface area contributed by atoms with Crippen LogP contribution in [0.2, 0.25) is 0 Å². The molecule has 3 aromatic rings. The van der Waals surface area contributed by atoms with Crippen LogP contribution in [0.25, 0.3) is 0 Å². The summed E-state index contributed by atoms with van der Waals surface area (Å²) >= 11 is 1.16. The lowest BCUT2D eigenvalue weighted by molar-refractivity contribution is -0.157. The Bertz CT molecular complexity index is 1040. The number of pyridine rings is 1. The van der Waals surface area contributed by atoms with Crippen molar-refractivity contribution in [2.24, 2.45) is 5.92 Å². The highest BCUT2D eigenvalue weighted by atomic mass is 32.2. The summed E-state index contributed by atoms with van der Waals surface area (Å²) in [6.45, 7) is 1.71. The van der Waals surface area contributed by atoms with Crippen LogP contribution in [0.4, 0.5) is 13.2 Å². The molecule has 2 heterocycles. The summed E-state index contributed by atoms with van der Waals surface area (Å²) in [7, 11) is 0. The van der Waals surface area contributed by atoms with Gasteiger partial charge in [-0.25, -0.2) is 9.97 Å². The summed E-state index contributed by atoms with van der Waals surface area (Å²) < 4.78 is 45.0. The van der Waals surface area contributed by atoms with Crippen molar-refractivity contribution in [1.29, 1.82) is 0 Å². The number of aliphatic hydroxyl groups excluding tert-OH is 1. The van der Waals surface area contributed by atoms with Crippen molar-refractivity contribution in [3.8, 4) is 0 Å². The van der Waals surface area contributed by atoms with E-state index < -0.39 is 35.8 Å². The summed E-state index contributed by atoms with van der Waals surface area (Å²) in [5.41, 5.74) is -0.172. The van der Waals surface area contributed by atoms with E-state index in [1.807, 2.05) is 0 Å². The number of thioether (sulfide) groups is 1. The van der Waals surface area contributed by atoms with E-state index in [2.05, 4.69) is 15.0 Å². The largest absolute Gasteiger partial charge is 0.457 e. The van der Waals surface area contributed by atoms with Crippen molar-refractivity contribution in [3.05, 3.63) is 83.9 Å². The van der Waals surface area contributed by atoms with Gasteiger partial charge in [-0.3, -0.25) is 9.78 Å². The summed E-state index contributed by atoms with van der Waals surface area (Å²) in [6.07, 6.45) is -0.290. The highest BCUT2D eigenvalue weighted by Crippen LogP contribution is 2.34. The molecule has 1 N–H and O–H groups in total. The molecular weight excluding hydrogens is 455 g/mol. The van der Waals surface area contributed by atoms with Gasteiger partial charge in [0, 0.05) is 30.5 Å². The summed E-state index contributed by atoms with van der Waals surface area (Å²) in [5, 5.41) is 11.3. The standard InChI is InChI=1S/C23H22F3N3O3S/c1-2-19(15-6-3-8-17(12-15)23(24,25)26)32-21(31)18(14-33-22-28-10-5-11-29-22)20(30)16-7-4-9-27-13-16/h3-13,18-20,30H,2,14H2,1H3. The maximum atomic E-state index is 13.1. The third kappa shape index (κ3) is 6.75. The van der Waals surface area contributed by atoms with Crippen LogP contribution < -0.4 is 0 Å². The van der Waals surface area contributed by atoms with Crippen molar-refractivity contribution in [3.63, 3.8) is 0 Å². The molecule has 3 unspecified atom stereocenters. The fourth-order valence-electron chi connectivity index (χ4n) is 3.13. The lowest BCUT2D eigenvalue weighted by Crippen LogP contribution is -2.28. The molecule has 0 fully saturated rings. The summed E-state index contributed by atoms with van der Waals surface area (Å²) in [4.78, 5) is 25.3. The van der Waals surface area contributed by atoms with Gasteiger partial charge in [-0.2, -0.15) is 13.2 Å². The average Bonchev–Trinajstić information content (AvgIpc) is 2.83. The Hall–Kier alpha value is -2.98. The first kappa shape index (κ1) is 24.7. The molecule has 10 heteroatoms. The number of benzene rings is 1. The maximum Gasteiger partial charge on any atom is 0.416 e. The molecule has 0 bridgehead atoms. The molecule has 0 spiro atoms. The molecular formula is C23H22F3N3O3S. The van der Waals surface area contributed by atoms with Crippen molar-refractivity contribution in [1.82, 2.24) is 15.0 Å². The van der Waals surface area contributed by atoms with Gasteiger partial charge >= 0.3 is 12.1 Å². The van der Waals surface area contributed by atoms with E-state index in [0.29, 0.717) is 10.7 Å². The Balaban J connectivity index is 1.82. The maximum absolute atomic E-state index is 13.1. The summed E-state index contributed by atoms with van der Waals surface area (Å²) in [5.74, 6) is -1.67. The number of hydrogen-bond donors (Lipinski definition) is 1. The van der Waals surface area contributed by atoms with Crippen molar-refractivity contribution in [2.45, 2.75) is 36.9 Å². The molecule has 2 aromatic heterocycles. The van der Waals surface area contributed by atoms with Crippen molar-refractivity contribution >= 4 is 17.7 Å². The van der Waals surface area contributed by atoms with Gasteiger partial charge in [0.1, 0.15) is 6.10 Å². The number of nitrogens with zero attached hydrogens (tertiary/aromatic N) is 3. The first-order valence-corrected chi connectivity index (χ1v) is 11.1. The van der Waals surface area contributed by atoms with E-state index in [1.165, 1.54) is 24.5 Å². The van der Waals surface area contributed by atoms with Crippen LogP contribution in [0.15, 0.2) is 72.4 Å². The normalized spacial score (nSPS) is 14.3. The Morgan fingerprint density at radius 1 is 1.09 bits per heavy atom. The Morgan fingerprint density at radius 3 is 2.45 bits per heavy atom. The number of alkyl halides is 3. The molecule has 0 saturated heterocycles. The molecule has 3 atom stereocenters. The number of carbonyl (C=O) groups excluding carboxylic acids is 1. The third-order valence-electron chi connectivity index (χ3n) is 4.86. The van der Waals surface area contributed by atoms with E-state index >= 15 is 0 Å². The predicted molar refractivity (Wildman–Crippen MR) is 116 cm³/mol. The van der Waals surface area contributed by atoms with E-state index in [4.69, 9.17) is 4.74 Å². The number of halogens is 3. The van der Waals surface area contributed by atoms with Gasteiger partial charge < -0.3 is 9.84 Å². The molecule has 33 heavy (non-hydrogen) atoms. The van der Waals surface area contributed by atoms with E-state index in [-0.39, 0.29) is 17.7 Å². The second kappa shape index (κ2) is 11.2. The number of carbonyl (C=O) groups is 1. The Morgan fingerprint density at radius 2 is 1.82 bits per heavy atom. The molecule has 6 nitrogen and oxygen atoms in total. The quantitative estimate of drug-likeness (QED) is 0.263. The minimum Gasteiger partial charge on any atom is -0.457 e. The molecule has 0 saturated carbocycles. The fourth-order valence-corrected chi connectivity index (χ4v) is 4.04. The molecule has 174 valence electrons. The van der Waals surface area contributed by atoms with Gasteiger partial charge in [0.2, 0.25) is 0 Å². The second-order valence-corrected chi connectivity index (χ2v) is 8.12. The van der Waals surface area contributed by atoms with Crippen molar-refractivity contribution < 1.29 is 27.8 Å². The minimum absolute atomic E-state index is 0.0952. The molecule has 0 aliphatic rings. The van der Waals surface area contributed by atoms with Crippen LogP contribution in [0.1, 0.15) is 42.2 Å². The van der Waals surface area contributed by atoms with E-state index in [9.17, 15) is 23.1 Å². The summed E-state index contributed by atoms with van der Waals surface area (Å²) in [6, 6.07) is 9.61. The van der Waals surface area contributed by atoms with Gasteiger partial charge in [-0.15, -0.1) is 0 Å². The molecule has 0 aliphatic heterocycles. The van der Waals surface area contributed by atoms with Crippen LogP contribution >= 0.6 is 11.8 Å². The number of aromatic nitrogens is 3. The number of ether oxygens (including phenoxy) is 1. The van der Waals surface area contributed by atoms with Gasteiger partial charge in [-0.1, -0.05) is 36.9 Å². The zero-order valence-corrected chi connectivity index (χ0v) is 18.5. The molecule has 0 radical (unpaired) electrons. The van der Waals surface area contributed by atoms with Crippen LogP contribution in [0.5, 0.6) is 0 Å². The predicted octanol–water partition coefficient (Wildman–Crippen LogP) is 5.03. The highest BCUT2D eigenvalue weighted by molar-refractivity contribution is 7.99. The molecule has 1 aromatic carbocycles. The molecule has 0 amide bonds. The Labute approximate surface area is 193 Å². The van der Waals surface area contributed by atoms with Gasteiger partial charge in [-0.05, 0) is 41.8 Å². The SMILES string of the molecule is CCC(OC(=O)C(CSc1ncccn1)C(O)c1cccnc1)c1cccc(C(F)(F)F)c1. The third-order valence-corrected chi connectivity index (χ3v) is 5.85. The smallest absolute Gasteiger partial charge is 0.416 e. The number of aliphatic hydroxyl groups is 1. The van der Waals surface area contributed by atoms with Crippen LogP contribution in [0, 0.1) is 5.92 Å². The van der Waals surface area contributed by atoms with Crippen LogP contribution in [-0.2, 0) is 15.7 Å². The van der Waals surface area contributed by atoms with Crippen LogP contribution in [0.3, 0.4) is 0 Å². The van der Waals surface area contributed by atoms with Gasteiger partial charge in [0.25, 0.3) is 0 Å². The average molecular weight is 478 g/mol. The van der Waals surface area contributed by atoms with E-state index in [1.54, 1.807) is 37.5 Å². The minimum atomic E-state index is -4.51. The van der Waals surface area contributed by atoms with Crippen molar-refractivity contribution in [2.75, 3.05) is 5.75 Å². The lowest BCUT2D eigenvalue weighted by atomic mass is 9.98. The topological polar surface area (TPSA) is 85.2 Å². The number of hydrogen-bond acceptors (Lipinski definition) is 7.